The minimum absolute atomic E-state index is 0.151. The quantitative estimate of drug-likeness (QED) is 0.389. The van der Waals surface area contributed by atoms with Crippen LogP contribution >= 0.6 is 24.2 Å². The Morgan fingerprint density at radius 2 is 1.85 bits per heavy atom. The van der Waals surface area contributed by atoms with Gasteiger partial charge in [0.2, 0.25) is 17.7 Å². The van der Waals surface area contributed by atoms with Gasteiger partial charge in [-0.05, 0) is 49.2 Å². The van der Waals surface area contributed by atoms with Crippen LogP contribution in [0.3, 0.4) is 0 Å². The molecule has 1 amide bonds. The molecule has 0 unspecified atom stereocenters. The molecule has 0 spiro atoms. The second-order valence-electron chi connectivity index (χ2n) is 7.93. The van der Waals surface area contributed by atoms with E-state index in [1.165, 1.54) is 11.9 Å². The SMILES string of the molecule is CN1CCN(c2ccc(Nc3ncc(Cl)c(Oc4ccccc4NC(=O)CCS)n3)cc2)CC1. The van der Waals surface area contributed by atoms with Crippen LogP contribution in [0.25, 0.3) is 0 Å². The molecule has 2 aromatic carbocycles. The van der Waals surface area contributed by atoms with E-state index in [9.17, 15) is 4.79 Å². The molecule has 0 aliphatic carbocycles. The Morgan fingerprint density at radius 3 is 2.59 bits per heavy atom. The Morgan fingerprint density at radius 1 is 1.12 bits per heavy atom. The van der Waals surface area contributed by atoms with E-state index < -0.39 is 0 Å². The topological polar surface area (TPSA) is 82.6 Å². The van der Waals surface area contributed by atoms with E-state index >= 15 is 0 Å². The molecule has 1 aliphatic rings. The van der Waals surface area contributed by atoms with Gasteiger partial charge in [-0.1, -0.05) is 23.7 Å². The number of carbonyl (C=O) groups is 1. The number of nitrogens with one attached hydrogen (secondary N) is 2. The highest BCUT2D eigenvalue weighted by atomic mass is 35.5. The van der Waals surface area contributed by atoms with Gasteiger partial charge in [0.1, 0.15) is 5.02 Å². The number of amides is 1. The predicted octanol–water partition coefficient (Wildman–Crippen LogP) is 4.68. The molecule has 1 fully saturated rings. The van der Waals surface area contributed by atoms with Gasteiger partial charge in [-0.25, -0.2) is 4.98 Å². The molecular formula is C24H27ClN6O2S. The Labute approximate surface area is 209 Å². The van der Waals surface area contributed by atoms with Crippen molar-refractivity contribution in [2.45, 2.75) is 6.42 Å². The largest absolute Gasteiger partial charge is 0.435 e. The molecule has 2 heterocycles. The Hall–Kier alpha value is -3.01. The lowest BCUT2D eigenvalue weighted by Crippen LogP contribution is -2.44. The van der Waals surface area contributed by atoms with Crippen LogP contribution in [-0.4, -0.2) is 59.8 Å². The molecule has 8 nitrogen and oxygen atoms in total. The number of carbonyl (C=O) groups excluding carboxylic acids is 1. The van der Waals surface area contributed by atoms with Crippen LogP contribution in [0.4, 0.5) is 23.0 Å². The zero-order chi connectivity index (χ0) is 23.9. The van der Waals surface area contributed by atoms with Crippen molar-refractivity contribution in [1.29, 1.82) is 0 Å². The number of hydrogen-bond donors (Lipinski definition) is 3. The molecule has 1 saturated heterocycles. The minimum atomic E-state index is -0.151. The number of halogens is 1. The van der Waals surface area contributed by atoms with Gasteiger partial charge < -0.3 is 25.2 Å². The zero-order valence-electron chi connectivity index (χ0n) is 18.9. The van der Waals surface area contributed by atoms with Crippen molar-refractivity contribution in [1.82, 2.24) is 14.9 Å². The molecule has 10 heteroatoms. The normalized spacial score (nSPS) is 14.0. The van der Waals surface area contributed by atoms with Crippen molar-refractivity contribution in [2.24, 2.45) is 0 Å². The highest BCUT2D eigenvalue weighted by Crippen LogP contribution is 2.33. The summed E-state index contributed by atoms with van der Waals surface area (Å²) in [7, 11) is 2.15. The van der Waals surface area contributed by atoms with Crippen molar-refractivity contribution >= 4 is 53.1 Å². The second-order valence-corrected chi connectivity index (χ2v) is 8.78. The summed E-state index contributed by atoms with van der Waals surface area (Å²) in [6.07, 6.45) is 1.78. The van der Waals surface area contributed by atoms with E-state index in [1.807, 2.05) is 18.2 Å². The first-order valence-corrected chi connectivity index (χ1v) is 12.0. The number of para-hydroxylation sites is 2. The third-order valence-electron chi connectivity index (χ3n) is 5.41. The molecule has 0 atom stereocenters. The number of piperazine rings is 1. The van der Waals surface area contributed by atoms with Gasteiger partial charge in [0.05, 0.1) is 11.9 Å². The number of rotatable bonds is 8. The second kappa shape index (κ2) is 11.4. The van der Waals surface area contributed by atoms with Gasteiger partial charge >= 0.3 is 0 Å². The molecule has 0 bridgehead atoms. The van der Waals surface area contributed by atoms with Gasteiger partial charge in [-0.2, -0.15) is 17.6 Å². The van der Waals surface area contributed by atoms with Gasteiger partial charge in [0.25, 0.3) is 0 Å². The standard InChI is InChI=1S/C24H27ClN6O2S/c1-30-11-13-31(14-12-30)18-8-6-17(7-9-18)27-24-26-16-19(25)23(29-24)33-21-5-3-2-4-20(21)28-22(32)10-15-34/h2-9,16,34H,10-15H2,1H3,(H,28,32)(H,26,27,29). The minimum Gasteiger partial charge on any atom is -0.435 e. The van der Waals surface area contributed by atoms with Gasteiger partial charge in [-0.3, -0.25) is 4.79 Å². The number of aromatic nitrogens is 2. The van der Waals surface area contributed by atoms with Gasteiger partial charge in [-0.15, -0.1) is 0 Å². The third kappa shape index (κ3) is 6.31. The number of likely N-dealkylation sites (N-methyl/N-ethyl adjacent to an activating group) is 1. The summed E-state index contributed by atoms with van der Waals surface area (Å²) in [5, 5.41) is 6.27. The fourth-order valence-electron chi connectivity index (χ4n) is 3.51. The van der Waals surface area contributed by atoms with Gasteiger partial charge in [0.15, 0.2) is 5.75 Å². The molecular weight excluding hydrogens is 472 g/mol. The van der Waals surface area contributed by atoms with Crippen molar-refractivity contribution in [2.75, 3.05) is 54.5 Å². The van der Waals surface area contributed by atoms with Crippen LogP contribution < -0.4 is 20.3 Å². The van der Waals surface area contributed by atoms with Crippen molar-refractivity contribution < 1.29 is 9.53 Å². The molecule has 2 N–H and O–H groups in total. The van der Waals surface area contributed by atoms with Crippen LogP contribution in [0.2, 0.25) is 5.02 Å². The molecule has 0 radical (unpaired) electrons. The monoisotopic (exact) mass is 498 g/mol. The lowest BCUT2D eigenvalue weighted by atomic mass is 10.2. The fourth-order valence-corrected chi connectivity index (χ4v) is 3.84. The van der Waals surface area contributed by atoms with Crippen LogP contribution in [-0.2, 0) is 4.79 Å². The summed E-state index contributed by atoms with van der Waals surface area (Å²) >= 11 is 10.4. The highest BCUT2D eigenvalue weighted by Gasteiger charge is 2.15. The molecule has 4 rings (SSSR count). The summed E-state index contributed by atoms with van der Waals surface area (Å²) in [5.74, 6) is 1.27. The molecule has 0 saturated carbocycles. The predicted molar refractivity (Wildman–Crippen MR) is 140 cm³/mol. The van der Waals surface area contributed by atoms with Crippen molar-refractivity contribution in [3.63, 3.8) is 0 Å². The first-order valence-electron chi connectivity index (χ1n) is 11.0. The fraction of sp³-hybridized carbons (Fsp3) is 0.292. The summed E-state index contributed by atoms with van der Waals surface area (Å²) in [6, 6.07) is 15.3. The van der Waals surface area contributed by atoms with Crippen LogP contribution in [0, 0.1) is 0 Å². The number of ether oxygens (including phenoxy) is 1. The molecule has 1 aliphatic heterocycles. The van der Waals surface area contributed by atoms with E-state index in [0.29, 0.717) is 29.6 Å². The van der Waals surface area contributed by atoms with E-state index in [1.54, 1.807) is 18.2 Å². The number of nitrogens with zero attached hydrogens (tertiary/aromatic N) is 4. The lowest BCUT2D eigenvalue weighted by molar-refractivity contribution is -0.115. The maximum absolute atomic E-state index is 12.0. The molecule has 3 aromatic rings. The smallest absolute Gasteiger partial charge is 0.243 e. The van der Waals surface area contributed by atoms with Crippen LogP contribution in [0.15, 0.2) is 54.7 Å². The van der Waals surface area contributed by atoms with E-state index in [2.05, 4.69) is 62.2 Å². The van der Waals surface area contributed by atoms with Crippen molar-refractivity contribution in [3.05, 3.63) is 59.8 Å². The lowest BCUT2D eigenvalue weighted by Gasteiger charge is -2.34. The zero-order valence-corrected chi connectivity index (χ0v) is 20.5. The summed E-state index contributed by atoms with van der Waals surface area (Å²) in [5.41, 5.74) is 2.57. The summed E-state index contributed by atoms with van der Waals surface area (Å²) in [6.45, 7) is 4.15. The number of thiol groups is 1. The Kier molecular flexibility index (Phi) is 8.10. The summed E-state index contributed by atoms with van der Waals surface area (Å²) in [4.78, 5) is 25.4. The molecule has 34 heavy (non-hydrogen) atoms. The average molecular weight is 499 g/mol. The van der Waals surface area contributed by atoms with Crippen LogP contribution in [0.1, 0.15) is 6.42 Å². The Balaban J connectivity index is 1.45. The van der Waals surface area contributed by atoms with E-state index in [-0.39, 0.29) is 16.8 Å². The number of hydrogen-bond acceptors (Lipinski definition) is 8. The Bertz CT molecular complexity index is 1120. The van der Waals surface area contributed by atoms with Crippen LogP contribution in [0.5, 0.6) is 11.6 Å². The van der Waals surface area contributed by atoms with Gasteiger partial charge in [0, 0.05) is 44.0 Å². The first kappa shape index (κ1) is 24.1. The molecule has 178 valence electrons. The number of anilines is 4. The molecule has 1 aromatic heterocycles. The van der Waals surface area contributed by atoms with E-state index in [4.69, 9.17) is 16.3 Å². The maximum Gasteiger partial charge on any atom is 0.243 e. The first-order chi connectivity index (χ1) is 16.5. The maximum atomic E-state index is 12.0. The number of benzene rings is 2. The third-order valence-corrected chi connectivity index (χ3v) is 5.89. The van der Waals surface area contributed by atoms with Crippen molar-refractivity contribution in [3.8, 4) is 11.6 Å². The highest BCUT2D eigenvalue weighted by molar-refractivity contribution is 7.80. The average Bonchev–Trinajstić information content (AvgIpc) is 2.84. The summed E-state index contributed by atoms with van der Waals surface area (Å²) < 4.78 is 5.94. The van der Waals surface area contributed by atoms with E-state index in [0.717, 1.165) is 31.9 Å².